The van der Waals surface area contributed by atoms with E-state index < -0.39 is 0 Å². The van der Waals surface area contributed by atoms with Gasteiger partial charge in [0.1, 0.15) is 0 Å². The van der Waals surface area contributed by atoms with E-state index in [1.165, 1.54) is 0 Å². The number of nitrogens with zero attached hydrogens (tertiary/aromatic N) is 3. The van der Waals surface area contributed by atoms with Gasteiger partial charge < -0.3 is 0 Å². The van der Waals surface area contributed by atoms with Crippen LogP contribution in [0.4, 0.5) is 0 Å². The van der Waals surface area contributed by atoms with Crippen LogP contribution in [-0.4, -0.2) is 15.0 Å². The van der Waals surface area contributed by atoms with Gasteiger partial charge in [-0.15, -0.1) is 5.10 Å². The largest absolute Gasteiger partial charge is 0.271 e. The van der Waals surface area contributed by atoms with Gasteiger partial charge in [-0.05, 0) is 6.92 Å². The second kappa shape index (κ2) is 2.76. The second-order valence-corrected chi connectivity index (χ2v) is 2.17. The fourth-order valence-corrected chi connectivity index (χ4v) is 0.775. The summed E-state index contributed by atoms with van der Waals surface area (Å²) >= 11 is 0. The van der Waals surface area contributed by atoms with Gasteiger partial charge in [-0.1, -0.05) is 5.21 Å². The Kier molecular flexibility index (Phi) is 1.98. The summed E-state index contributed by atoms with van der Waals surface area (Å²) in [5, 5.41) is 7.46. The minimum Gasteiger partial charge on any atom is -0.271 e. The van der Waals surface area contributed by atoms with Gasteiger partial charge in [-0.2, -0.15) is 0 Å². The summed E-state index contributed by atoms with van der Waals surface area (Å²) in [4.78, 5) is 0. The Bertz CT molecular complexity index is 206. The molecule has 1 heterocycles. The summed E-state index contributed by atoms with van der Waals surface area (Å²) in [6.07, 6.45) is 1.69. The molecule has 1 unspecified atom stereocenters. The number of aryl methyl sites for hydroxylation is 1. The Labute approximate surface area is 59.2 Å². The van der Waals surface area contributed by atoms with Crippen molar-refractivity contribution in [3.63, 3.8) is 0 Å². The van der Waals surface area contributed by atoms with Crippen molar-refractivity contribution in [2.24, 2.45) is 12.9 Å². The average Bonchev–Trinajstić information content (AvgIpc) is 2.34. The molecular formula is C5H11N5. The number of hydrogen-bond acceptors (Lipinski definition) is 4. The Balaban J connectivity index is 2.82. The van der Waals surface area contributed by atoms with Crippen LogP contribution < -0.4 is 11.3 Å². The molecule has 1 aromatic rings. The zero-order chi connectivity index (χ0) is 7.56. The van der Waals surface area contributed by atoms with E-state index in [0.717, 1.165) is 5.69 Å². The molecule has 0 aromatic carbocycles. The zero-order valence-electron chi connectivity index (χ0n) is 6.07. The molecule has 3 N–H and O–H groups in total. The topological polar surface area (TPSA) is 68.8 Å². The van der Waals surface area contributed by atoms with Crippen molar-refractivity contribution in [3.05, 3.63) is 11.9 Å². The predicted molar refractivity (Wildman–Crippen MR) is 36.7 cm³/mol. The third kappa shape index (κ3) is 1.14. The first-order valence-electron chi connectivity index (χ1n) is 3.06. The van der Waals surface area contributed by atoms with Gasteiger partial charge in [0.05, 0.1) is 17.9 Å². The smallest absolute Gasteiger partial charge is 0.0763 e. The summed E-state index contributed by atoms with van der Waals surface area (Å²) in [6.45, 7) is 1.94. The van der Waals surface area contributed by atoms with Crippen LogP contribution in [0.5, 0.6) is 0 Å². The lowest BCUT2D eigenvalue weighted by Gasteiger charge is -2.07. The van der Waals surface area contributed by atoms with Crippen molar-refractivity contribution in [1.29, 1.82) is 0 Å². The van der Waals surface area contributed by atoms with E-state index in [2.05, 4.69) is 15.7 Å². The van der Waals surface area contributed by atoms with Crippen molar-refractivity contribution < 1.29 is 0 Å². The van der Waals surface area contributed by atoms with Crippen molar-refractivity contribution in [2.75, 3.05) is 0 Å². The fraction of sp³-hybridized carbons (Fsp3) is 0.600. The molecule has 56 valence electrons. The zero-order valence-corrected chi connectivity index (χ0v) is 6.07. The van der Waals surface area contributed by atoms with Crippen LogP contribution in [0, 0.1) is 0 Å². The molecule has 0 saturated heterocycles. The SMILES string of the molecule is CC(NN)c1cnnn1C. The number of nitrogens with two attached hydrogens (primary N) is 1. The first-order chi connectivity index (χ1) is 4.75. The van der Waals surface area contributed by atoms with Gasteiger partial charge >= 0.3 is 0 Å². The van der Waals surface area contributed by atoms with E-state index in [1.54, 1.807) is 10.9 Å². The highest BCUT2D eigenvalue weighted by atomic mass is 15.4. The van der Waals surface area contributed by atoms with Crippen LogP contribution in [0.15, 0.2) is 6.20 Å². The van der Waals surface area contributed by atoms with Crippen LogP contribution >= 0.6 is 0 Å². The normalized spacial score (nSPS) is 13.5. The highest BCUT2D eigenvalue weighted by Gasteiger charge is 2.06. The minimum atomic E-state index is 0.0972. The number of aromatic nitrogens is 3. The van der Waals surface area contributed by atoms with E-state index in [1.807, 2.05) is 14.0 Å². The molecule has 10 heavy (non-hydrogen) atoms. The quantitative estimate of drug-likeness (QED) is 0.424. The van der Waals surface area contributed by atoms with Crippen LogP contribution in [0.1, 0.15) is 18.7 Å². The third-order valence-electron chi connectivity index (χ3n) is 1.44. The van der Waals surface area contributed by atoms with Crippen LogP contribution in [0.25, 0.3) is 0 Å². The summed E-state index contributed by atoms with van der Waals surface area (Å²) in [7, 11) is 1.83. The number of nitrogens with one attached hydrogen (secondary N) is 1. The molecule has 1 rings (SSSR count). The summed E-state index contributed by atoms with van der Waals surface area (Å²) in [5.41, 5.74) is 3.58. The number of hydrazine groups is 1. The molecule has 5 nitrogen and oxygen atoms in total. The second-order valence-electron chi connectivity index (χ2n) is 2.17. The summed E-state index contributed by atoms with van der Waals surface area (Å²) in [5.74, 6) is 5.21. The highest BCUT2D eigenvalue weighted by Crippen LogP contribution is 2.05. The summed E-state index contributed by atoms with van der Waals surface area (Å²) < 4.78 is 1.69. The van der Waals surface area contributed by atoms with E-state index in [-0.39, 0.29) is 6.04 Å². The lowest BCUT2D eigenvalue weighted by atomic mass is 10.3. The molecule has 1 atom stereocenters. The van der Waals surface area contributed by atoms with Gasteiger partial charge in [0, 0.05) is 7.05 Å². The molecule has 0 amide bonds. The molecule has 5 heteroatoms. The van der Waals surface area contributed by atoms with Crippen molar-refractivity contribution >= 4 is 0 Å². The molecule has 0 aliphatic heterocycles. The lowest BCUT2D eigenvalue weighted by molar-refractivity contribution is 0.545. The van der Waals surface area contributed by atoms with Gasteiger partial charge in [0.15, 0.2) is 0 Å². The maximum Gasteiger partial charge on any atom is 0.0763 e. The Morgan fingerprint density at radius 2 is 2.50 bits per heavy atom. The molecule has 0 saturated carbocycles. The third-order valence-corrected chi connectivity index (χ3v) is 1.44. The number of hydrogen-bond donors (Lipinski definition) is 2. The average molecular weight is 141 g/mol. The van der Waals surface area contributed by atoms with Crippen LogP contribution in [-0.2, 0) is 7.05 Å². The molecule has 0 aliphatic carbocycles. The summed E-state index contributed by atoms with van der Waals surface area (Å²) in [6, 6.07) is 0.0972. The Hall–Kier alpha value is -0.940. The van der Waals surface area contributed by atoms with E-state index in [9.17, 15) is 0 Å². The molecule has 1 aromatic heterocycles. The highest BCUT2D eigenvalue weighted by molar-refractivity contribution is 4.98. The Morgan fingerprint density at radius 3 is 2.90 bits per heavy atom. The monoisotopic (exact) mass is 141 g/mol. The fourth-order valence-electron chi connectivity index (χ4n) is 0.775. The first kappa shape index (κ1) is 7.17. The van der Waals surface area contributed by atoms with E-state index in [4.69, 9.17) is 5.84 Å². The molecule has 0 fully saturated rings. The Morgan fingerprint density at radius 1 is 1.80 bits per heavy atom. The molecule has 0 bridgehead atoms. The van der Waals surface area contributed by atoms with Crippen molar-refractivity contribution in [3.8, 4) is 0 Å². The maximum absolute atomic E-state index is 5.21. The van der Waals surface area contributed by atoms with Crippen LogP contribution in [0.2, 0.25) is 0 Å². The maximum atomic E-state index is 5.21. The standard InChI is InChI=1S/C5H11N5/c1-4(8-6)5-3-7-9-10(5)2/h3-4,8H,6H2,1-2H3. The minimum absolute atomic E-state index is 0.0972. The first-order valence-corrected chi connectivity index (χ1v) is 3.06. The van der Waals surface area contributed by atoms with Crippen LogP contribution in [0.3, 0.4) is 0 Å². The number of rotatable bonds is 2. The van der Waals surface area contributed by atoms with Gasteiger partial charge in [0.2, 0.25) is 0 Å². The lowest BCUT2D eigenvalue weighted by Crippen LogP contribution is -2.27. The van der Waals surface area contributed by atoms with Gasteiger partial charge in [0.25, 0.3) is 0 Å². The molecule has 0 radical (unpaired) electrons. The predicted octanol–water partition coefficient (Wildman–Crippen LogP) is -0.661. The molecule has 0 spiro atoms. The van der Waals surface area contributed by atoms with Gasteiger partial charge in [-0.3, -0.25) is 16.0 Å². The molecule has 0 aliphatic rings. The van der Waals surface area contributed by atoms with E-state index in [0.29, 0.717) is 0 Å². The van der Waals surface area contributed by atoms with Gasteiger partial charge in [-0.25, -0.2) is 0 Å². The molecular weight excluding hydrogens is 130 g/mol. The van der Waals surface area contributed by atoms with E-state index >= 15 is 0 Å². The van der Waals surface area contributed by atoms with Crippen molar-refractivity contribution in [1.82, 2.24) is 20.4 Å². The van der Waals surface area contributed by atoms with Crippen molar-refractivity contribution in [2.45, 2.75) is 13.0 Å².